The molecule has 1 aromatic carbocycles. The SMILES string of the molecule is NC(=O)NCc1cccc(Sc2ccc3nnc(CCO)n3c2)c1. The Morgan fingerprint density at radius 3 is 2.92 bits per heavy atom. The van der Waals surface area contributed by atoms with Gasteiger partial charge >= 0.3 is 6.03 Å². The average Bonchev–Trinajstić information content (AvgIpc) is 2.96. The summed E-state index contributed by atoms with van der Waals surface area (Å²) in [6.45, 7) is 0.432. The van der Waals surface area contributed by atoms with Gasteiger partial charge in [0.1, 0.15) is 5.82 Å². The van der Waals surface area contributed by atoms with E-state index in [-0.39, 0.29) is 6.61 Å². The summed E-state index contributed by atoms with van der Waals surface area (Å²) in [6.07, 6.45) is 2.42. The number of nitrogens with zero attached hydrogens (tertiary/aromatic N) is 3. The van der Waals surface area contributed by atoms with E-state index in [1.807, 2.05) is 47.0 Å². The first-order chi connectivity index (χ1) is 11.7. The Hall–Kier alpha value is -2.58. The molecular formula is C16H17N5O2S. The highest BCUT2D eigenvalue weighted by Gasteiger charge is 2.07. The minimum Gasteiger partial charge on any atom is -0.396 e. The molecule has 0 aliphatic rings. The Kier molecular flexibility index (Phi) is 4.97. The first-order valence-corrected chi connectivity index (χ1v) is 8.22. The van der Waals surface area contributed by atoms with Crippen molar-refractivity contribution in [2.24, 2.45) is 5.73 Å². The zero-order chi connectivity index (χ0) is 16.9. The molecule has 0 saturated carbocycles. The third-order valence-corrected chi connectivity index (χ3v) is 4.35. The summed E-state index contributed by atoms with van der Waals surface area (Å²) < 4.78 is 1.89. The lowest BCUT2D eigenvalue weighted by atomic mass is 10.2. The highest BCUT2D eigenvalue weighted by atomic mass is 32.2. The lowest BCUT2D eigenvalue weighted by Gasteiger charge is -2.07. The molecule has 4 N–H and O–H groups in total. The number of pyridine rings is 1. The summed E-state index contributed by atoms with van der Waals surface area (Å²) in [7, 11) is 0. The van der Waals surface area contributed by atoms with Crippen molar-refractivity contribution in [3.63, 3.8) is 0 Å². The second-order valence-corrected chi connectivity index (χ2v) is 6.30. The van der Waals surface area contributed by atoms with E-state index in [2.05, 4.69) is 15.5 Å². The number of fused-ring (bicyclic) bond motifs is 1. The molecule has 0 aliphatic carbocycles. The van der Waals surface area contributed by atoms with Crippen molar-refractivity contribution >= 4 is 23.4 Å². The molecular weight excluding hydrogens is 326 g/mol. The smallest absolute Gasteiger partial charge is 0.312 e. The van der Waals surface area contributed by atoms with E-state index in [9.17, 15) is 4.79 Å². The first-order valence-electron chi connectivity index (χ1n) is 7.40. The summed E-state index contributed by atoms with van der Waals surface area (Å²) in [5, 5.41) is 19.8. The lowest BCUT2D eigenvalue weighted by Crippen LogP contribution is -2.28. The van der Waals surface area contributed by atoms with Crippen molar-refractivity contribution in [3.8, 4) is 0 Å². The molecule has 8 heteroatoms. The van der Waals surface area contributed by atoms with E-state index in [1.54, 1.807) is 11.8 Å². The Morgan fingerprint density at radius 2 is 2.12 bits per heavy atom. The highest BCUT2D eigenvalue weighted by Crippen LogP contribution is 2.28. The first kappa shape index (κ1) is 16.3. The van der Waals surface area contributed by atoms with E-state index in [1.165, 1.54) is 0 Å². The Morgan fingerprint density at radius 1 is 1.25 bits per heavy atom. The van der Waals surface area contributed by atoms with E-state index < -0.39 is 6.03 Å². The fraction of sp³-hybridized carbons (Fsp3) is 0.188. The lowest BCUT2D eigenvalue weighted by molar-refractivity contribution is 0.248. The van der Waals surface area contributed by atoms with Crippen LogP contribution >= 0.6 is 11.8 Å². The molecule has 0 saturated heterocycles. The number of primary amides is 1. The van der Waals surface area contributed by atoms with Crippen molar-refractivity contribution in [2.45, 2.75) is 22.8 Å². The number of aromatic nitrogens is 3. The number of amides is 2. The van der Waals surface area contributed by atoms with Crippen LogP contribution in [0.3, 0.4) is 0 Å². The second kappa shape index (κ2) is 7.33. The molecule has 0 unspecified atom stereocenters. The number of urea groups is 1. The molecule has 0 radical (unpaired) electrons. The zero-order valence-electron chi connectivity index (χ0n) is 12.8. The van der Waals surface area contributed by atoms with Crippen LogP contribution in [0.5, 0.6) is 0 Å². The second-order valence-electron chi connectivity index (χ2n) is 5.15. The third-order valence-electron chi connectivity index (χ3n) is 3.38. The monoisotopic (exact) mass is 343 g/mol. The molecule has 2 amide bonds. The summed E-state index contributed by atoms with van der Waals surface area (Å²) in [6, 6.07) is 11.2. The molecule has 0 bridgehead atoms. The molecule has 0 spiro atoms. The van der Waals surface area contributed by atoms with Crippen molar-refractivity contribution in [1.29, 1.82) is 0 Å². The Labute approximate surface area is 142 Å². The largest absolute Gasteiger partial charge is 0.396 e. The summed E-state index contributed by atoms with van der Waals surface area (Å²) in [5.41, 5.74) is 6.82. The molecule has 0 atom stereocenters. The van der Waals surface area contributed by atoms with Crippen LogP contribution in [-0.4, -0.2) is 32.3 Å². The van der Waals surface area contributed by atoms with E-state index >= 15 is 0 Å². The number of aliphatic hydroxyl groups is 1. The van der Waals surface area contributed by atoms with Crippen LogP contribution in [0.15, 0.2) is 52.4 Å². The zero-order valence-corrected chi connectivity index (χ0v) is 13.7. The number of hydrogen-bond acceptors (Lipinski definition) is 5. The minimum atomic E-state index is -0.539. The molecule has 2 aromatic heterocycles. The van der Waals surface area contributed by atoms with Crippen LogP contribution < -0.4 is 11.1 Å². The van der Waals surface area contributed by atoms with E-state index in [0.29, 0.717) is 13.0 Å². The van der Waals surface area contributed by atoms with Crippen LogP contribution in [0.1, 0.15) is 11.4 Å². The maximum Gasteiger partial charge on any atom is 0.312 e. The van der Waals surface area contributed by atoms with E-state index in [4.69, 9.17) is 10.8 Å². The molecule has 3 aromatic rings. The maximum absolute atomic E-state index is 10.8. The van der Waals surface area contributed by atoms with Gasteiger partial charge in [0.05, 0.1) is 6.61 Å². The normalized spacial score (nSPS) is 10.9. The number of carbonyl (C=O) groups excluding carboxylic acids is 1. The summed E-state index contributed by atoms with van der Waals surface area (Å²) in [4.78, 5) is 12.9. The molecule has 124 valence electrons. The number of nitrogens with one attached hydrogen (secondary N) is 1. The van der Waals surface area contributed by atoms with Gasteiger partial charge in [-0.05, 0) is 29.8 Å². The van der Waals surface area contributed by atoms with Gasteiger partial charge in [-0.25, -0.2) is 4.79 Å². The molecule has 0 aliphatic heterocycles. The van der Waals surface area contributed by atoms with Crippen LogP contribution in [0.4, 0.5) is 4.79 Å². The number of hydrogen-bond donors (Lipinski definition) is 3. The van der Waals surface area contributed by atoms with Crippen LogP contribution in [-0.2, 0) is 13.0 Å². The van der Waals surface area contributed by atoms with Crippen molar-refractivity contribution in [3.05, 3.63) is 54.0 Å². The molecule has 3 rings (SSSR count). The van der Waals surface area contributed by atoms with Gasteiger partial charge in [0.15, 0.2) is 5.65 Å². The molecule has 24 heavy (non-hydrogen) atoms. The van der Waals surface area contributed by atoms with Gasteiger partial charge in [-0.2, -0.15) is 0 Å². The molecule has 7 nitrogen and oxygen atoms in total. The Bertz CT molecular complexity index is 865. The van der Waals surface area contributed by atoms with E-state index in [0.717, 1.165) is 26.8 Å². The van der Waals surface area contributed by atoms with Crippen molar-refractivity contribution in [1.82, 2.24) is 19.9 Å². The number of benzene rings is 1. The predicted molar refractivity (Wildman–Crippen MR) is 90.8 cm³/mol. The number of carbonyl (C=O) groups is 1. The summed E-state index contributed by atoms with van der Waals surface area (Å²) in [5.74, 6) is 0.731. The average molecular weight is 343 g/mol. The van der Waals surface area contributed by atoms with Crippen molar-refractivity contribution < 1.29 is 9.90 Å². The summed E-state index contributed by atoms with van der Waals surface area (Å²) >= 11 is 1.60. The topological polar surface area (TPSA) is 106 Å². The van der Waals surface area contributed by atoms with Gasteiger partial charge < -0.3 is 16.2 Å². The predicted octanol–water partition coefficient (Wildman–Crippen LogP) is 1.58. The van der Waals surface area contributed by atoms with Crippen LogP contribution in [0, 0.1) is 0 Å². The van der Waals surface area contributed by atoms with Crippen molar-refractivity contribution in [2.75, 3.05) is 6.61 Å². The van der Waals surface area contributed by atoms with Gasteiger partial charge in [0.2, 0.25) is 0 Å². The quantitative estimate of drug-likeness (QED) is 0.630. The van der Waals surface area contributed by atoms with Gasteiger partial charge in [-0.3, -0.25) is 4.40 Å². The molecule has 2 heterocycles. The van der Waals surface area contributed by atoms with Crippen LogP contribution in [0.25, 0.3) is 5.65 Å². The van der Waals surface area contributed by atoms with Gasteiger partial charge in [-0.15, -0.1) is 10.2 Å². The fourth-order valence-corrected chi connectivity index (χ4v) is 3.22. The number of rotatable bonds is 6. The Balaban J connectivity index is 1.80. The van der Waals surface area contributed by atoms with Gasteiger partial charge in [0.25, 0.3) is 0 Å². The molecule has 0 fully saturated rings. The fourth-order valence-electron chi connectivity index (χ4n) is 2.29. The minimum absolute atomic E-state index is 0.0348. The maximum atomic E-state index is 10.8. The standard InChI is InChI=1S/C16H17N5O2S/c17-16(23)18-9-11-2-1-3-12(8-11)24-13-4-5-14-19-20-15(6-7-22)21(14)10-13/h1-5,8,10,22H,6-7,9H2,(H3,17,18,23). The highest BCUT2D eigenvalue weighted by molar-refractivity contribution is 7.99. The number of aliphatic hydroxyl groups excluding tert-OH is 1. The third kappa shape index (κ3) is 3.84. The van der Waals surface area contributed by atoms with Gasteiger partial charge in [0, 0.05) is 29.0 Å². The van der Waals surface area contributed by atoms with Gasteiger partial charge in [-0.1, -0.05) is 23.9 Å². The van der Waals surface area contributed by atoms with Crippen LogP contribution in [0.2, 0.25) is 0 Å². The number of nitrogens with two attached hydrogens (primary N) is 1.